The van der Waals surface area contributed by atoms with Gasteiger partial charge in [0.1, 0.15) is 12.2 Å². The Morgan fingerprint density at radius 3 is 2.43 bits per heavy atom. The summed E-state index contributed by atoms with van der Waals surface area (Å²) in [5.41, 5.74) is 1.24. The van der Waals surface area contributed by atoms with Crippen LogP contribution in [0.4, 0.5) is 0 Å². The monoisotopic (exact) mass is 413 g/mol. The third kappa shape index (κ3) is 7.44. The minimum atomic E-state index is 0.171. The number of aromatic nitrogens is 3. The normalized spacial score (nSPS) is 13.3. The van der Waals surface area contributed by atoms with Crippen LogP contribution in [-0.4, -0.2) is 57.3 Å². The van der Waals surface area contributed by atoms with Crippen molar-refractivity contribution in [3.05, 3.63) is 48.0 Å². The summed E-state index contributed by atoms with van der Waals surface area (Å²) in [6.07, 6.45) is 2.67. The van der Waals surface area contributed by atoms with Gasteiger partial charge in [0.25, 0.3) is 0 Å². The molecule has 7 heteroatoms. The highest BCUT2D eigenvalue weighted by atomic mass is 15.3. The predicted octanol–water partition coefficient (Wildman–Crippen LogP) is 3.26. The van der Waals surface area contributed by atoms with Crippen LogP contribution < -0.4 is 10.6 Å². The summed E-state index contributed by atoms with van der Waals surface area (Å²) in [6.45, 7) is 16.5. The van der Waals surface area contributed by atoms with Crippen LogP contribution in [0.25, 0.3) is 0 Å². The Hall–Kier alpha value is -2.41. The molecule has 1 aromatic heterocycles. The van der Waals surface area contributed by atoms with Crippen LogP contribution in [0.15, 0.2) is 41.7 Å². The minimum absolute atomic E-state index is 0.171. The largest absolute Gasteiger partial charge is 0.355 e. The molecule has 0 spiro atoms. The van der Waals surface area contributed by atoms with E-state index in [0.717, 1.165) is 44.4 Å². The number of guanidine groups is 1. The summed E-state index contributed by atoms with van der Waals surface area (Å²) in [5, 5.41) is 15.2. The molecule has 1 heterocycles. The Morgan fingerprint density at radius 1 is 1.10 bits per heavy atom. The van der Waals surface area contributed by atoms with Gasteiger partial charge in [-0.3, -0.25) is 9.89 Å². The zero-order valence-electron chi connectivity index (χ0n) is 19.5. The molecule has 0 amide bonds. The van der Waals surface area contributed by atoms with E-state index in [1.807, 2.05) is 6.07 Å². The van der Waals surface area contributed by atoms with Crippen LogP contribution in [0.3, 0.4) is 0 Å². The van der Waals surface area contributed by atoms with Gasteiger partial charge >= 0.3 is 0 Å². The molecule has 0 aliphatic rings. The Morgan fingerprint density at radius 2 is 1.80 bits per heavy atom. The third-order valence-electron chi connectivity index (χ3n) is 5.26. The second-order valence-corrected chi connectivity index (χ2v) is 8.15. The van der Waals surface area contributed by atoms with Crippen molar-refractivity contribution in [3.8, 4) is 0 Å². The molecule has 0 aliphatic carbocycles. The summed E-state index contributed by atoms with van der Waals surface area (Å²) in [7, 11) is 0. The van der Waals surface area contributed by atoms with Crippen LogP contribution >= 0.6 is 0 Å². The van der Waals surface area contributed by atoms with Gasteiger partial charge in [-0.15, -0.1) is 10.2 Å². The molecule has 2 aromatic rings. The number of nitrogens with one attached hydrogen (secondary N) is 2. The van der Waals surface area contributed by atoms with Gasteiger partial charge in [-0.2, -0.15) is 0 Å². The molecule has 1 unspecified atom stereocenters. The fourth-order valence-corrected chi connectivity index (χ4v) is 3.61. The van der Waals surface area contributed by atoms with E-state index in [1.165, 1.54) is 5.56 Å². The van der Waals surface area contributed by atoms with Crippen molar-refractivity contribution in [2.45, 2.75) is 72.6 Å². The maximum atomic E-state index is 4.87. The smallest absolute Gasteiger partial charge is 0.191 e. The van der Waals surface area contributed by atoms with E-state index in [0.29, 0.717) is 12.1 Å². The Labute approximate surface area is 182 Å². The molecule has 0 aliphatic heterocycles. The zero-order valence-corrected chi connectivity index (χ0v) is 19.5. The molecule has 1 atom stereocenters. The number of hydrogen-bond donors (Lipinski definition) is 2. The average Bonchev–Trinajstić information content (AvgIpc) is 3.18. The van der Waals surface area contributed by atoms with Gasteiger partial charge < -0.3 is 15.2 Å². The molecule has 0 fully saturated rings. The molecular weight excluding hydrogens is 374 g/mol. The predicted molar refractivity (Wildman–Crippen MR) is 125 cm³/mol. The highest BCUT2D eigenvalue weighted by Gasteiger charge is 2.13. The summed E-state index contributed by atoms with van der Waals surface area (Å²) in [6, 6.07) is 11.6. The van der Waals surface area contributed by atoms with E-state index < -0.39 is 0 Å². The number of aryl methyl sites for hydroxylation is 1. The maximum Gasteiger partial charge on any atom is 0.191 e. The first-order chi connectivity index (χ1) is 14.4. The second kappa shape index (κ2) is 12.3. The summed E-state index contributed by atoms with van der Waals surface area (Å²) >= 11 is 0. The zero-order chi connectivity index (χ0) is 21.9. The Kier molecular flexibility index (Phi) is 9.80. The lowest BCUT2D eigenvalue weighted by atomic mass is 10.1. The molecule has 1 aromatic carbocycles. The lowest BCUT2D eigenvalue weighted by Crippen LogP contribution is -2.42. The van der Waals surface area contributed by atoms with Crippen molar-refractivity contribution in [2.75, 3.05) is 19.6 Å². The van der Waals surface area contributed by atoms with Gasteiger partial charge in [0.2, 0.25) is 0 Å². The van der Waals surface area contributed by atoms with Crippen molar-refractivity contribution in [1.82, 2.24) is 30.3 Å². The number of nitrogens with zero attached hydrogens (tertiary/aromatic N) is 5. The average molecular weight is 414 g/mol. The van der Waals surface area contributed by atoms with Crippen molar-refractivity contribution in [3.63, 3.8) is 0 Å². The summed E-state index contributed by atoms with van der Waals surface area (Å²) in [4.78, 5) is 7.33. The molecule has 0 saturated carbocycles. The molecular formula is C23H39N7. The van der Waals surface area contributed by atoms with Gasteiger partial charge in [0.05, 0.1) is 12.6 Å². The fraction of sp³-hybridized carbons (Fsp3) is 0.609. The SMILES string of the molecule is CCc1nncn1CCNC(=NCCN(C(C)C)C(C)C)NC(C)c1ccccc1. The topological polar surface area (TPSA) is 70.4 Å². The second-order valence-electron chi connectivity index (χ2n) is 8.15. The number of rotatable bonds is 11. The highest BCUT2D eigenvalue weighted by molar-refractivity contribution is 5.80. The third-order valence-corrected chi connectivity index (χ3v) is 5.26. The Balaban J connectivity index is 2.01. The van der Waals surface area contributed by atoms with E-state index in [9.17, 15) is 0 Å². The van der Waals surface area contributed by atoms with Crippen molar-refractivity contribution < 1.29 is 0 Å². The van der Waals surface area contributed by atoms with Crippen LogP contribution in [-0.2, 0) is 13.0 Å². The molecule has 0 bridgehead atoms. The number of hydrogen-bond acceptors (Lipinski definition) is 4. The summed E-state index contributed by atoms with van der Waals surface area (Å²) < 4.78 is 2.09. The van der Waals surface area contributed by atoms with Gasteiger partial charge in [0, 0.05) is 38.1 Å². The molecule has 0 saturated heterocycles. The van der Waals surface area contributed by atoms with Gasteiger partial charge in [-0.1, -0.05) is 37.3 Å². The van der Waals surface area contributed by atoms with Gasteiger partial charge in [-0.25, -0.2) is 0 Å². The lowest BCUT2D eigenvalue weighted by Gasteiger charge is -2.30. The van der Waals surface area contributed by atoms with Crippen LogP contribution in [0.5, 0.6) is 0 Å². The first kappa shape index (κ1) is 23.9. The number of benzene rings is 1. The quantitative estimate of drug-likeness (QED) is 0.437. The molecule has 2 rings (SSSR count). The first-order valence-corrected chi connectivity index (χ1v) is 11.1. The van der Waals surface area contributed by atoms with Gasteiger partial charge in [0.15, 0.2) is 5.96 Å². The molecule has 2 N–H and O–H groups in total. The van der Waals surface area contributed by atoms with E-state index in [4.69, 9.17) is 4.99 Å². The van der Waals surface area contributed by atoms with Crippen molar-refractivity contribution in [2.24, 2.45) is 4.99 Å². The standard InChI is InChI=1S/C23H39N7/c1-7-22-28-26-17-29(22)15-13-24-23(25-14-16-30(18(2)3)19(4)5)27-20(6)21-11-9-8-10-12-21/h8-12,17-20H,7,13-16H2,1-6H3,(H2,24,25,27). The van der Waals surface area contributed by atoms with Crippen LogP contribution in [0.1, 0.15) is 59.0 Å². The summed E-state index contributed by atoms with van der Waals surface area (Å²) in [5.74, 6) is 1.84. The van der Waals surface area contributed by atoms with E-state index >= 15 is 0 Å². The minimum Gasteiger partial charge on any atom is -0.355 e. The van der Waals surface area contributed by atoms with E-state index in [2.05, 4.69) is 96.1 Å². The molecule has 166 valence electrons. The maximum absolute atomic E-state index is 4.87. The van der Waals surface area contributed by atoms with E-state index in [1.54, 1.807) is 6.33 Å². The number of aliphatic imine (C=N–C) groups is 1. The lowest BCUT2D eigenvalue weighted by molar-refractivity contribution is 0.181. The van der Waals surface area contributed by atoms with Crippen LogP contribution in [0.2, 0.25) is 0 Å². The van der Waals surface area contributed by atoms with Crippen LogP contribution in [0, 0.1) is 0 Å². The highest BCUT2D eigenvalue weighted by Crippen LogP contribution is 2.11. The van der Waals surface area contributed by atoms with E-state index in [-0.39, 0.29) is 6.04 Å². The van der Waals surface area contributed by atoms with Gasteiger partial charge in [-0.05, 0) is 40.2 Å². The molecule has 0 radical (unpaired) electrons. The molecule has 30 heavy (non-hydrogen) atoms. The van der Waals surface area contributed by atoms with Crippen molar-refractivity contribution >= 4 is 5.96 Å². The van der Waals surface area contributed by atoms with Crippen molar-refractivity contribution in [1.29, 1.82) is 0 Å². The fourth-order valence-electron chi connectivity index (χ4n) is 3.61. The first-order valence-electron chi connectivity index (χ1n) is 11.1. The Bertz CT molecular complexity index is 744. The molecule has 7 nitrogen and oxygen atoms in total.